The average Bonchev–Trinajstić information content (AvgIpc) is 3.48. The van der Waals surface area contributed by atoms with Gasteiger partial charge in [0.1, 0.15) is 5.82 Å². The van der Waals surface area contributed by atoms with Crippen LogP contribution in [0.4, 0.5) is 18.0 Å². The lowest BCUT2D eigenvalue weighted by molar-refractivity contribution is 0.116. The Morgan fingerprint density at radius 2 is 1.87 bits per heavy atom. The predicted octanol–water partition coefficient (Wildman–Crippen LogP) is 4.99. The van der Waals surface area contributed by atoms with Gasteiger partial charge in [-0.15, -0.1) is 10.2 Å². The lowest BCUT2D eigenvalue weighted by Gasteiger charge is -2.30. The molecule has 0 radical (unpaired) electrons. The number of pyridine rings is 1. The van der Waals surface area contributed by atoms with Crippen LogP contribution in [0.25, 0.3) is 22.6 Å². The van der Waals surface area contributed by atoms with Gasteiger partial charge in [-0.25, -0.2) is 19.0 Å². The molecule has 39 heavy (non-hydrogen) atoms. The van der Waals surface area contributed by atoms with E-state index in [-0.39, 0.29) is 40.7 Å². The normalized spacial score (nSPS) is 15.0. The maximum absolute atomic E-state index is 15.2. The van der Waals surface area contributed by atoms with Crippen LogP contribution in [0.3, 0.4) is 0 Å². The van der Waals surface area contributed by atoms with Gasteiger partial charge in [0, 0.05) is 41.4 Å². The summed E-state index contributed by atoms with van der Waals surface area (Å²) in [6.07, 6.45) is -3.02. The number of hydrogen-bond acceptors (Lipinski definition) is 6. The van der Waals surface area contributed by atoms with Crippen molar-refractivity contribution in [2.45, 2.75) is 58.0 Å². The number of likely N-dealkylation sites (tertiary alicyclic amines) is 1. The second kappa shape index (κ2) is 9.86. The quantitative estimate of drug-likeness (QED) is 0.376. The Kier molecular flexibility index (Phi) is 6.69. The molecule has 0 atom stereocenters. The summed E-state index contributed by atoms with van der Waals surface area (Å²) in [7, 11) is 0. The molecule has 206 valence electrons. The molecule has 1 aliphatic rings. The first-order chi connectivity index (χ1) is 18.4. The standard InChI is InChI=1S/C26H27F3N6O4/c1-26(2,3)19-7-6-18-21(30-19)34(24(36)35(18)16-8-10-33(11-9-16)25(37)38)13-15-5-4-14(12-17(15)27)22-31-32-23(39-22)20(28)29/h4-7,12,16,20H,8-11,13H2,1-3H3,(H,37,38). The van der Waals surface area contributed by atoms with Crippen molar-refractivity contribution in [2.24, 2.45) is 0 Å². The summed E-state index contributed by atoms with van der Waals surface area (Å²) in [5, 5.41) is 16.1. The van der Waals surface area contributed by atoms with Crippen molar-refractivity contribution in [2.75, 3.05) is 13.1 Å². The van der Waals surface area contributed by atoms with Crippen LogP contribution in [0, 0.1) is 5.82 Å². The van der Waals surface area contributed by atoms with Crippen LogP contribution in [0.1, 0.15) is 63.2 Å². The Morgan fingerprint density at radius 1 is 1.15 bits per heavy atom. The highest BCUT2D eigenvalue weighted by molar-refractivity contribution is 5.72. The van der Waals surface area contributed by atoms with Gasteiger partial charge in [-0.05, 0) is 37.1 Å². The molecule has 1 amide bonds. The maximum atomic E-state index is 15.2. The largest absolute Gasteiger partial charge is 0.465 e. The molecule has 0 bridgehead atoms. The summed E-state index contributed by atoms with van der Waals surface area (Å²) < 4.78 is 48.8. The van der Waals surface area contributed by atoms with Crippen LogP contribution in [0.5, 0.6) is 0 Å². The van der Waals surface area contributed by atoms with Gasteiger partial charge in [-0.3, -0.25) is 9.13 Å². The molecule has 0 saturated carbocycles. The first kappa shape index (κ1) is 26.4. The highest BCUT2D eigenvalue weighted by Gasteiger charge is 2.29. The van der Waals surface area contributed by atoms with E-state index in [9.17, 15) is 23.5 Å². The Morgan fingerprint density at radius 3 is 2.46 bits per heavy atom. The molecule has 1 aliphatic heterocycles. The summed E-state index contributed by atoms with van der Waals surface area (Å²) in [6.45, 7) is 6.46. The zero-order chi connectivity index (χ0) is 28.1. The molecule has 1 aromatic carbocycles. The number of halogens is 3. The molecule has 5 rings (SSSR count). The smallest absolute Gasteiger partial charge is 0.407 e. The monoisotopic (exact) mass is 544 g/mol. The van der Waals surface area contributed by atoms with E-state index >= 15 is 4.39 Å². The zero-order valence-corrected chi connectivity index (χ0v) is 21.6. The molecule has 4 heterocycles. The van der Waals surface area contributed by atoms with Gasteiger partial charge in [0.05, 0.1) is 12.1 Å². The predicted molar refractivity (Wildman–Crippen MR) is 134 cm³/mol. The van der Waals surface area contributed by atoms with Crippen molar-refractivity contribution < 1.29 is 27.5 Å². The van der Waals surface area contributed by atoms with Gasteiger partial charge in [0.2, 0.25) is 5.89 Å². The van der Waals surface area contributed by atoms with E-state index < -0.39 is 24.2 Å². The number of amides is 1. The van der Waals surface area contributed by atoms with E-state index in [1.165, 1.54) is 21.6 Å². The fourth-order valence-electron chi connectivity index (χ4n) is 4.80. The van der Waals surface area contributed by atoms with E-state index in [1.54, 1.807) is 4.57 Å². The topological polar surface area (TPSA) is 119 Å². The number of carboxylic acid groups (broad SMARTS) is 1. The molecule has 0 spiro atoms. The Hall–Kier alpha value is -4.16. The molecule has 13 heteroatoms. The first-order valence-corrected chi connectivity index (χ1v) is 12.4. The van der Waals surface area contributed by atoms with E-state index in [2.05, 4.69) is 10.2 Å². The van der Waals surface area contributed by atoms with E-state index in [1.807, 2.05) is 32.9 Å². The minimum absolute atomic E-state index is 0.128. The second-order valence-electron chi connectivity index (χ2n) is 10.6. The summed E-state index contributed by atoms with van der Waals surface area (Å²) in [6, 6.07) is 7.44. The highest BCUT2D eigenvalue weighted by Crippen LogP contribution is 2.29. The Balaban J connectivity index is 1.54. The van der Waals surface area contributed by atoms with Gasteiger partial charge in [-0.1, -0.05) is 26.8 Å². The minimum Gasteiger partial charge on any atom is -0.465 e. The average molecular weight is 545 g/mol. The van der Waals surface area contributed by atoms with Crippen molar-refractivity contribution in [3.63, 3.8) is 0 Å². The van der Waals surface area contributed by atoms with E-state index in [0.717, 1.165) is 11.8 Å². The molecule has 0 aliphatic carbocycles. The molecule has 1 fully saturated rings. The minimum atomic E-state index is -2.94. The number of rotatable bonds is 5. The fraction of sp³-hybridized carbons (Fsp3) is 0.423. The molecule has 4 aromatic rings. The number of aromatic nitrogens is 5. The van der Waals surface area contributed by atoms with Gasteiger partial charge >= 0.3 is 18.2 Å². The number of carbonyl (C=O) groups is 1. The summed E-state index contributed by atoms with van der Waals surface area (Å²) in [4.78, 5) is 31.2. The van der Waals surface area contributed by atoms with Gasteiger partial charge in [0.15, 0.2) is 5.65 Å². The van der Waals surface area contributed by atoms with Crippen molar-refractivity contribution in [1.82, 2.24) is 29.2 Å². The molecular weight excluding hydrogens is 517 g/mol. The van der Waals surface area contributed by atoms with Crippen LogP contribution < -0.4 is 5.69 Å². The third-order valence-electron chi connectivity index (χ3n) is 6.93. The van der Waals surface area contributed by atoms with Crippen LogP contribution in [-0.2, 0) is 12.0 Å². The number of nitrogens with zero attached hydrogens (tertiary/aromatic N) is 6. The summed E-state index contributed by atoms with van der Waals surface area (Å²) in [5.74, 6) is -1.78. The van der Waals surface area contributed by atoms with Gasteiger partial charge in [0.25, 0.3) is 5.89 Å². The van der Waals surface area contributed by atoms with Crippen LogP contribution >= 0.6 is 0 Å². The van der Waals surface area contributed by atoms with E-state index in [0.29, 0.717) is 37.1 Å². The molecular formula is C26H27F3N6O4. The number of hydrogen-bond donors (Lipinski definition) is 1. The molecule has 0 unspecified atom stereocenters. The maximum Gasteiger partial charge on any atom is 0.407 e. The van der Waals surface area contributed by atoms with Gasteiger partial charge < -0.3 is 14.4 Å². The second-order valence-corrected chi connectivity index (χ2v) is 10.6. The van der Waals surface area contributed by atoms with Crippen LogP contribution in [0.2, 0.25) is 0 Å². The van der Waals surface area contributed by atoms with E-state index in [4.69, 9.17) is 9.40 Å². The third-order valence-corrected chi connectivity index (χ3v) is 6.93. The molecule has 10 nitrogen and oxygen atoms in total. The fourth-order valence-corrected chi connectivity index (χ4v) is 4.80. The molecule has 1 N–H and O–H groups in total. The van der Waals surface area contributed by atoms with Crippen molar-refractivity contribution >= 4 is 17.3 Å². The summed E-state index contributed by atoms with van der Waals surface area (Å²) >= 11 is 0. The van der Waals surface area contributed by atoms with Crippen LogP contribution in [0.15, 0.2) is 39.5 Å². The SMILES string of the molecule is CC(C)(C)c1ccc2c(n1)n(Cc1ccc(-c3nnc(C(F)F)o3)cc1F)c(=O)n2C1CCN(C(=O)O)CC1. The number of fused-ring (bicyclic) bond motifs is 1. The van der Waals surface area contributed by atoms with Gasteiger partial charge in [-0.2, -0.15) is 8.78 Å². The summed E-state index contributed by atoms with van der Waals surface area (Å²) in [5.41, 5.74) is 1.36. The number of benzene rings is 1. The van der Waals surface area contributed by atoms with Crippen molar-refractivity contribution in [1.29, 1.82) is 0 Å². The first-order valence-electron chi connectivity index (χ1n) is 12.4. The lowest BCUT2D eigenvalue weighted by atomic mass is 9.92. The zero-order valence-electron chi connectivity index (χ0n) is 21.6. The van der Waals surface area contributed by atoms with Crippen molar-refractivity contribution in [3.8, 4) is 11.5 Å². The lowest BCUT2D eigenvalue weighted by Crippen LogP contribution is -2.40. The van der Waals surface area contributed by atoms with Crippen molar-refractivity contribution in [3.05, 3.63) is 63.8 Å². The number of alkyl halides is 2. The Bertz CT molecular complexity index is 1600. The third kappa shape index (κ3) is 5.00. The number of piperidine rings is 1. The molecule has 3 aromatic heterocycles. The number of imidazole rings is 1. The molecule has 1 saturated heterocycles. The Labute approximate surface area is 220 Å². The highest BCUT2D eigenvalue weighted by atomic mass is 19.3. The van der Waals surface area contributed by atoms with Crippen LogP contribution in [-0.4, -0.2) is 53.5 Å².